The Bertz CT molecular complexity index is 2440. The minimum atomic E-state index is 0.914. The molecule has 0 spiro atoms. The van der Waals surface area contributed by atoms with Crippen molar-refractivity contribution in [1.82, 2.24) is 0 Å². The highest BCUT2D eigenvalue weighted by molar-refractivity contribution is 6.28. The molecule has 9 aromatic rings. The van der Waals surface area contributed by atoms with Gasteiger partial charge in [-0.1, -0.05) is 140 Å². The second-order valence-corrected chi connectivity index (χ2v) is 11.2. The summed E-state index contributed by atoms with van der Waals surface area (Å²) in [7, 11) is 0. The molecule has 8 aromatic carbocycles. The normalized spacial score (nSPS) is 11.7. The zero-order valence-corrected chi connectivity index (χ0v) is 23.4. The molecule has 0 amide bonds. The number of fused-ring (bicyclic) bond motifs is 7. The molecule has 0 aliphatic heterocycles. The van der Waals surface area contributed by atoms with Crippen molar-refractivity contribution in [2.24, 2.45) is 0 Å². The van der Waals surface area contributed by atoms with Crippen molar-refractivity contribution >= 4 is 54.3 Å². The molecule has 0 saturated carbocycles. The van der Waals surface area contributed by atoms with Gasteiger partial charge >= 0.3 is 0 Å². The van der Waals surface area contributed by atoms with E-state index in [1.807, 2.05) is 0 Å². The van der Waals surface area contributed by atoms with Crippen LogP contribution in [0.3, 0.4) is 0 Å². The number of benzene rings is 8. The van der Waals surface area contributed by atoms with Crippen LogP contribution in [0.4, 0.5) is 0 Å². The smallest absolute Gasteiger partial charge is 0.136 e. The van der Waals surface area contributed by atoms with E-state index in [0.717, 1.165) is 11.2 Å². The average Bonchev–Trinajstić information content (AvgIpc) is 3.47. The third kappa shape index (κ3) is 3.65. The lowest BCUT2D eigenvalue weighted by Crippen LogP contribution is -1.91. The Morgan fingerprint density at radius 2 is 0.884 bits per heavy atom. The quantitative estimate of drug-likeness (QED) is 0.201. The van der Waals surface area contributed by atoms with E-state index >= 15 is 0 Å². The number of rotatable bonds is 3. The van der Waals surface area contributed by atoms with Gasteiger partial charge < -0.3 is 4.42 Å². The van der Waals surface area contributed by atoms with E-state index in [-0.39, 0.29) is 0 Å². The highest BCUT2D eigenvalue weighted by atomic mass is 16.3. The van der Waals surface area contributed by atoms with Gasteiger partial charge in [-0.25, -0.2) is 0 Å². The second kappa shape index (κ2) is 9.44. The van der Waals surface area contributed by atoms with E-state index in [2.05, 4.69) is 158 Å². The number of furan rings is 1. The number of hydrogen-bond donors (Lipinski definition) is 0. The molecule has 0 saturated heterocycles. The summed E-state index contributed by atoms with van der Waals surface area (Å²) in [5.41, 5.74) is 9.21. The maximum Gasteiger partial charge on any atom is 0.136 e. The molecule has 0 atom stereocenters. The van der Waals surface area contributed by atoms with E-state index in [4.69, 9.17) is 4.42 Å². The maximum absolute atomic E-state index is 6.50. The topological polar surface area (TPSA) is 13.1 Å². The van der Waals surface area contributed by atoms with Crippen LogP contribution in [0.2, 0.25) is 0 Å². The van der Waals surface area contributed by atoms with Crippen molar-refractivity contribution in [3.05, 3.63) is 158 Å². The van der Waals surface area contributed by atoms with Crippen LogP contribution < -0.4 is 0 Å². The standard InChI is InChI=1S/C42H26O/c1-2-12-27(13-3-1)29-15-10-16-30(26-29)39-32-18-6-8-20-34(32)40(35-21-9-7-19-33(35)39)36-22-11-23-37-42(36)41-31-17-5-4-14-28(31)24-25-38(41)43-37/h1-26H. The Morgan fingerprint density at radius 3 is 1.63 bits per heavy atom. The molecular weight excluding hydrogens is 520 g/mol. The van der Waals surface area contributed by atoms with Crippen LogP contribution in [0, 0.1) is 0 Å². The predicted octanol–water partition coefficient (Wildman–Crippen LogP) is 12.0. The van der Waals surface area contributed by atoms with Crippen LogP contribution in [0.1, 0.15) is 0 Å². The van der Waals surface area contributed by atoms with Gasteiger partial charge in [0.05, 0.1) is 0 Å². The van der Waals surface area contributed by atoms with E-state index in [0.29, 0.717) is 0 Å². The molecule has 0 aliphatic carbocycles. The van der Waals surface area contributed by atoms with Crippen LogP contribution >= 0.6 is 0 Å². The highest BCUT2D eigenvalue weighted by Crippen LogP contribution is 2.48. The van der Waals surface area contributed by atoms with Gasteiger partial charge in [0.25, 0.3) is 0 Å². The van der Waals surface area contributed by atoms with Gasteiger partial charge in [0.15, 0.2) is 0 Å². The first-order valence-corrected chi connectivity index (χ1v) is 14.8. The molecule has 0 aliphatic rings. The molecule has 43 heavy (non-hydrogen) atoms. The van der Waals surface area contributed by atoms with Gasteiger partial charge in [-0.3, -0.25) is 0 Å². The summed E-state index contributed by atoms with van der Waals surface area (Å²) in [5, 5.41) is 9.75. The lowest BCUT2D eigenvalue weighted by molar-refractivity contribution is 0.669. The summed E-state index contributed by atoms with van der Waals surface area (Å²) in [6.45, 7) is 0. The molecule has 0 N–H and O–H groups in total. The Balaban J connectivity index is 1.41. The highest BCUT2D eigenvalue weighted by Gasteiger charge is 2.21. The molecule has 1 heteroatoms. The molecule has 1 heterocycles. The van der Waals surface area contributed by atoms with Gasteiger partial charge in [-0.15, -0.1) is 0 Å². The molecule has 0 unspecified atom stereocenters. The van der Waals surface area contributed by atoms with E-state index in [9.17, 15) is 0 Å². The first-order chi connectivity index (χ1) is 21.3. The minimum absolute atomic E-state index is 0.914. The largest absolute Gasteiger partial charge is 0.456 e. The lowest BCUT2D eigenvalue weighted by Gasteiger charge is -2.18. The summed E-state index contributed by atoms with van der Waals surface area (Å²) >= 11 is 0. The van der Waals surface area contributed by atoms with Gasteiger partial charge in [-0.2, -0.15) is 0 Å². The fraction of sp³-hybridized carbons (Fsp3) is 0. The summed E-state index contributed by atoms with van der Waals surface area (Å²) < 4.78 is 6.50. The summed E-state index contributed by atoms with van der Waals surface area (Å²) in [6, 6.07) is 56.7. The Hall–Kier alpha value is -5.66. The molecule has 0 fully saturated rings. The van der Waals surface area contributed by atoms with E-state index < -0.39 is 0 Å². The van der Waals surface area contributed by atoms with Crippen molar-refractivity contribution in [3.8, 4) is 33.4 Å². The lowest BCUT2D eigenvalue weighted by atomic mass is 9.84. The zero-order chi connectivity index (χ0) is 28.3. The fourth-order valence-electron chi connectivity index (χ4n) is 7.01. The first kappa shape index (κ1) is 24.0. The molecule has 0 bridgehead atoms. The average molecular weight is 547 g/mol. The second-order valence-electron chi connectivity index (χ2n) is 11.2. The van der Waals surface area contributed by atoms with Crippen LogP contribution in [0.25, 0.3) is 87.6 Å². The molecule has 0 radical (unpaired) electrons. The predicted molar refractivity (Wildman–Crippen MR) is 183 cm³/mol. The molecule has 200 valence electrons. The van der Waals surface area contributed by atoms with Crippen molar-refractivity contribution in [2.75, 3.05) is 0 Å². The van der Waals surface area contributed by atoms with E-state index in [1.54, 1.807) is 0 Å². The van der Waals surface area contributed by atoms with Gasteiger partial charge in [0.2, 0.25) is 0 Å². The molecule has 1 nitrogen and oxygen atoms in total. The zero-order valence-electron chi connectivity index (χ0n) is 23.4. The van der Waals surface area contributed by atoms with Crippen LogP contribution in [-0.4, -0.2) is 0 Å². The summed E-state index contributed by atoms with van der Waals surface area (Å²) in [6.07, 6.45) is 0. The van der Waals surface area contributed by atoms with Crippen LogP contribution in [-0.2, 0) is 0 Å². The van der Waals surface area contributed by atoms with Crippen molar-refractivity contribution in [2.45, 2.75) is 0 Å². The van der Waals surface area contributed by atoms with Crippen molar-refractivity contribution < 1.29 is 4.42 Å². The SMILES string of the molecule is c1ccc(-c2cccc(-c3c4ccccc4c(-c4cccc5oc6ccc7ccccc7c6c45)c4ccccc34)c2)cc1. The van der Waals surface area contributed by atoms with Gasteiger partial charge in [0.1, 0.15) is 11.2 Å². The van der Waals surface area contributed by atoms with Crippen LogP contribution in [0.5, 0.6) is 0 Å². The molecular formula is C42H26O. The van der Waals surface area contributed by atoms with Crippen molar-refractivity contribution in [1.29, 1.82) is 0 Å². The van der Waals surface area contributed by atoms with Crippen molar-refractivity contribution in [3.63, 3.8) is 0 Å². The maximum atomic E-state index is 6.50. The van der Waals surface area contributed by atoms with Crippen LogP contribution in [0.15, 0.2) is 162 Å². The molecule has 9 rings (SSSR count). The third-order valence-electron chi connectivity index (χ3n) is 8.85. The summed E-state index contributed by atoms with van der Waals surface area (Å²) in [4.78, 5) is 0. The Morgan fingerprint density at radius 1 is 0.326 bits per heavy atom. The molecule has 1 aromatic heterocycles. The third-order valence-corrected chi connectivity index (χ3v) is 8.85. The summed E-state index contributed by atoms with van der Waals surface area (Å²) in [5.74, 6) is 0. The Labute approximate surface area is 249 Å². The minimum Gasteiger partial charge on any atom is -0.456 e. The Kier molecular flexibility index (Phi) is 5.27. The van der Waals surface area contributed by atoms with Gasteiger partial charge in [-0.05, 0) is 83.9 Å². The van der Waals surface area contributed by atoms with Gasteiger partial charge in [0, 0.05) is 10.8 Å². The fourth-order valence-corrected chi connectivity index (χ4v) is 7.01. The monoisotopic (exact) mass is 546 g/mol. The first-order valence-electron chi connectivity index (χ1n) is 14.8. The van der Waals surface area contributed by atoms with E-state index in [1.165, 1.54) is 76.5 Å². The number of hydrogen-bond acceptors (Lipinski definition) is 1.